The predicted molar refractivity (Wildman–Crippen MR) is 90.3 cm³/mol. The molecule has 1 aromatic heterocycles. The minimum Gasteiger partial charge on any atom is -0.493 e. The monoisotopic (exact) mass is 335 g/mol. The number of hydrogen-bond donors (Lipinski definition) is 1. The molecule has 1 atom stereocenters. The SMILES string of the molecule is CC[C@H](C)C(=O)Nc1nnc(Cc2ccc(OC)c(OC)c2)s1. The first-order valence-corrected chi connectivity index (χ1v) is 8.23. The molecule has 0 aliphatic carbocycles. The van der Waals surface area contributed by atoms with Gasteiger partial charge in [0.25, 0.3) is 0 Å². The highest BCUT2D eigenvalue weighted by Crippen LogP contribution is 2.29. The van der Waals surface area contributed by atoms with Gasteiger partial charge < -0.3 is 14.8 Å². The van der Waals surface area contributed by atoms with Crippen LogP contribution in [0.4, 0.5) is 5.13 Å². The van der Waals surface area contributed by atoms with Gasteiger partial charge in [-0.05, 0) is 24.1 Å². The molecule has 0 saturated carbocycles. The van der Waals surface area contributed by atoms with Crippen LogP contribution in [0.1, 0.15) is 30.8 Å². The van der Waals surface area contributed by atoms with Crippen molar-refractivity contribution in [2.75, 3.05) is 19.5 Å². The van der Waals surface area contributed by atoms with E-state index >= 15 is 0 Å². The van der Waals surface area contributed by atoms with Crippen LogP contribution < -0.4 is 14.8 Å². The molecule has 1 heterocycles. The van der Waals surface area contributed by atoms with Crippen molar-refractivity contribution in [3.05, 3.63) is 28.8 Å². The van der Waals surface area contributed by atoms with Gasteiger partial charge in [-0.2, -0.15) is 0 Å². The van der Waals surface area contributed by atoms with E-state index in [4.69, 9.17) is 9.47 Å². The summed E-state index contributed by atoms with van der Waals surface area (Å²) in [6.07, 6.45) is 1.42. The van der Waals surface area contributed by atoms with E-state index in [1.54, 1.807) is 14.2 Å². The summed E-state index contributed by atoms with van der Waals surface area (Å²) in [4.78, 5) is 11.9. The van der Waals surface area contributed by atoms with Crippen LogP contribution in [0.2, 0.25) is 0 Å². The second-order valence-electron chi connectivity index (χ2n) is 5.17. The Hall–Kier alpha value is -2.15. The molecule has 0 spiro atoms. The Morgan fingerprint density at radius 2 is 2.00 bits per heavy atom. The van der Waals surface area contributed by atoms with Crippen LogP contribution in [0.15, 0.2) is 18.2 Å². The van der Waals surface area contributed by atoms with Crippen molar-refractivity contribution >= 4 is 22.4 Å². The van der Waals surface area contributed by atoms with Gasteiger partial charge in [-0.3, -0.25) is 4.79 Å². The number of methoxy groups -OCH3 is 2. The average molecular weight is 335 g/mol. The molecule has 1 amide bonds. The fraction of sp³-hybridized carbons (Fsp3) is 0.438. The van der Waals surface area contributed by atoms with E-state index in [1.165, 1.54) is 11.3 Å². The Labute approximate surface area is 139 Å². The molecular weight excluding hydrogens is 314 g/mol. The molecule has 6 nitrogen and oxygen atoms in total. The van der Waals surface area contributed by atoms with E-state index in [1.807, 2.05) is 32.0 Å². The van der Waals surface area contributed by atoms with Gasteiger partial charge in [0.05, 0.1) is 14.2 Å². The highest BCUT2D eigenvalue weighted by atomic mass is 32.1. The van der Waals surface area contributed by atoms with Crippen molar-refractivity contribution < 1.29 is 14.3 Å². The molecule has 124 valence electrons. The maximum absolute atomic E-state index is 11.9. The number of nitrogens with zero attached hydrogens (tertiary/aromatic N) is 2. The smallest absolute Gasteiger partial charge is 0.229 e. The van der Waals surface area contributed by atoms with Gasteiger partial charge in [-0.25, -0.2) is 0 Å². The number of amides is 1. The number of anilines is 1. The summed E-state index contributed by atoms with van der Waals surface area (Å²) < 4.78 is 10.5. The molecule has 1 aromatic carbocycles. The molecule has 0 bridgehead atoms. The number of rotatable bonds is 7. The second-order valence-corrected chi connectivity index (χ2v) is 6.23. The maximum Gasteiger partial charge on any atom is 0.229 e. The molecule has 2 aromatic rings. The Bertz CT molecular complexity index is 672. The normalized spacial score (nSPS) is 11.8. The Morgan fingerprint density at radius 1 is 1.26 bits per heavy atom. The van der Waals surface area contributed by atoms with E-state index < -0.39 is 0 Å². The quantitative estimate of drug-likeness (QED) is 0.841. The van der Waals surface area contributed by atoms with Crippen LogP contribution >= 0.6 is 11.3 Å². The number of carbonyl (C=O) groups excluding carboxylic acids is 1. The van der Waals surface area contributed by atoms with Gasteiger partial charge in [-0.1, -0.05) is 31.3 Å². The summed E-state index contributed by atoms with van der Waals surface area (Å²) in [7, 11) is 3.21. The van der Waals surface area contributed by atoms with Crippen molar-refractivity contribution in [2.24, 2.45) is 5.92 Å². The summed E-state index contributed by atoms with van der Waals surface area (Å²) in [6, 6.07) is 5.73. The van der Waals surface area contributed by atoms with E-state index in [2.05, 4.69) is 15.5 Å². The summed E-state index contributed by atoms with van der Waals surface area (Å²) in [5, 5.41) is 12.3. The Kier molecular flexibility index (Phi) is 5.92. The highest BCUT2D eigenvalue weighted by molar-refractivity contribution is 7.15. The van der Waals surface area contributed by atoms with E-state index in [0.717, 1.165) is 17.0 Å². The second kappa shape index (κ2) is 7.92. The maximum atomic E-state index is 11.9. The number of carbonyl (C=O) groups is 1. The van der Waals surface area contributed by atoms with E-state index in [9.17, 15) is 4.79 Å². The number of benzene rings is 1. The fourth-order valence-electron chi connectivity index (χ4n) is 1.95. The third-order valence-corrected chi connectivity index (χ3v) is 4.40. The lowest BCUT2D eigenvalue weighted by atomic mass is 10.1. The van der Waals surface area contributed by atoms with Crippen molar-refractivity contribution in [1.29, 1.82) is 0 Å². The molecular formula is C16H21N3O3S. The molecule has 2 rings (SSSR count). The van der Waals surface area contributed by atoms with Gasteiger partial charge in [0.15, 0.2) is 11.5 Å². The summed E-state index contributed by atoms with van der Waals surface area (Å²) in [5.74, 6) is 1.31. The van der Waals surface area contributed by atoms with Gasteiger partial charge in [-0.15, -0.1) is 10.2 Å². The van der Waals surface area contributed by atoms with Crippen LogP contribution in [-0.2, 0) is 11.2 Å². The first-order valence-electron chi connectivity index (χ1n) is 7.41. The molecule has 0 radical (unpaired) electrons. The van der Waals surface area contributed by atoms with Gasteiger partial charge in [0.1, 0.15) is 5.01 Å². The minimum atomic E-state index is -0.0341. The van der Waals surface area contributed by atoms with Crippen molar-refractivity contribution in [1.82, 2.24) is 10.2 Å². The van der Waals surface area contributed by atoms with Crippen LogP contribution in [0.25, 0.3) is 0 Å². The molecule has 0 aliphatic heterocycles. The van der Waals surface area contributed by atoms with Gasteiger partial charge in [0.2, 0.25) is 11.0 Å². The minimum absolute atomic E-state index is 0.0266. The third-order valence-electron chi connectivity index (χ3n) is 3.56. The van der Waals surface area contributed by atoms with Gasteiger partial charge in [0, 0.05) is 12.3 Å². The zero-order valence-electron chi connectivity index (χ0n) is 13.8. The van der Waals surface area contributed by atoms with Crippen LogP contribution in [0.3, 0.4) is 0 Å². The number of nitrogens with one attached hydrogen (secondary N) is 1. The Morgan fingerprint density at radius 3 is 2.65 bits per heavy atom. The lowest BCUT2D eigenvalue weighted by molar-refractivity contribution is -0.119. The highest BCUT2D eigenvalue weighted by Gasteiger charge is 2.14. The lowest BCUT2D eigenvalue weighted by Crippen LogP contribution is -2.19. The van der Waals surface area contributed by atoms with Crippen molar-refractivity contribution in [3.8, 4) is 11.5 Å². The van der Waals surface area contributed by atoms with Crippen LogP contribution in [0.5, 0.6) is 11.5 Å². The molecule has 0 unspecified atom stereocenters. The van der Waals surface area contributed by atoms with Crippen molar-refractivity contribution in [2.45, 2.75) is 26.7 Å². The first kappa shape index (κ1) is 17.2. The third kappa shape index (κ3) is 4.41. The van der Waals surface area contributed by atoms with Crippen LogP contribution in [0, 0.1) is 5.92 Å². The summed E-state index contributed by atoms with van der Waals surface area (Å²) in [5.41, 5.74) is 1.04. The first-order chi connectivity index (χ1) is 11.1. The Balaban J connectivity index is 2.06. The number of ether oxygens (including phenoxy) is 2. The molecule has 0 saturated heterocycles. The number of aromatic nitrogens is 2. The fourth-order valence-corrected chi connectivity index (χ4v) is 2.73. The summed E-state index contributed by atoms with van der Waals surface area (Å²) in [6.45, 7) is 3.87. The molecule has 1 N–H and O–H groups in total. The molecule has 23 heavy (non-hydrogen) atoms. The largest absolute Gasteiger partial charge is 0.493 e. The zero-order chi connectivity index (χ0) is 16.8. The van der Waals surface area contributed by atoms with Gasteiger partial charge >= 0.3 is 0 Å². The number of hydrogen-bond acceptors (Lipinski definition) is 6. The average Bonchev–Trinajstić information content (AvgIpc) is 3.00. The zero-order valence-corrected chi connectivity index (χ0v) is 14.6. The topological polar surface area (TPSA) is 73.3 Å². The lowest BCUT2D eigenvalue weighted by Gasteiger charge is -2.08. The van der Waals surface area contributed by atoms with Crippen LogP contribution in [-0.4, -0.2) is 30.3 Å². The standard InChI is InChI=1S/C16H21N3O3S/c1-5-10(2)15(20)17-16-19-18-14(23-16)9-11-6-7-12(21-3)13(8-11)22-4/h6-8,10H,5,9H2,1-4H3,(H,17,19,20)/t10-/m0/s1. The summed E-state index contributed by atoms with van der Waals surface area (Å²) >= 11 is 1.38. The molecule has 7 heteroatoms. The van der Waals surface area contributed by atoms with E-state index in [-0.39, 0.29) is 11.8 Å². The molecule has 0 aliphatic rings. The molecule has 0 fully saturated rings. The predicted octanol–water partition coefficient (Wildman–Crippen LogP) is 3.13. The van der Waals surface area contributed by atoms with E-state index in [0.29, 0.717) is 23.1 Å². The van der Waals surface area contributed by atoms with Crippen molar-refractivity contribution in [3.63, 3.8) is 0 Å².